The monoisotopic (exact) mass is 234 g/mol. The molecular weight excluding hydrogens is 224 g/mol. The first-order valence-electron chi connectivity index (χ1n) is 5.91. The Labute approximate surface area is 104 Å². The van der Waals surface area contributed by atoms with Gasteiger partial charge in [-0.2, -0.15) is 10.2 Å². The van der Waals surface area contributed by atoms with Crippen molar-refractivity contribution in [3.63, 3.8) is 0 Å². The quantitative estimate of drug-likeness (QED) is 0.468. The van der Waals surface area contributed by atoms with E-state index in [1.54, 1.807) is 6.20 Å². The average Bonchev–Trinajstić information content (AvgIpc) is 2.45. The molecule has 1 aliphatic heterocycles. The van der Waals surface area contributed by atoms with Gasteiger partial charge in [-0.3, -0.25) is 0 Å². The summed E-state index contributed by atoms with van der Waals surface area (Å²) < 4.78 is 5.92. The van der Waals surface area contributed by atoms with Crippen molar-refractivity contribution in [2.24, 2.45) is 0 Å². The predicted molar refractivity (Wildman–Crippen MR) is 68.9 cm³/mol. The van der Waals surface area contributed by atoms with Gasteiger partial charge in [-0.15, -0.1) is 0 Å². The van der Waals surface area contributed by atoms with E-state index in [1.807, 2.05) is 36.4 Å². The number of nitrogens with zero attached hydrogens (tertiary/aromatic N) is 2. The maximum Gasteiger partial charge on any atom is 0.133 e. The third kappa shape index (κ3) is 1.31. The van der Waals surface area contributed by atoms with Crippen LogP contribution in [0.4, 0.5) is 0 Å². The fourth-order valence-electron chi connectivity index (χ4n) is 2.42. The molecule has 4 rings (SSSR count). The van der Waals surface area contributed by atoms with Gasteiger partial charge in [0.25, 0.3) is 0 Å². The molecule has 0 unspecified atom stereocenters. The number of hydrogen-bond donors (Lipinski definition) is 0. The Hall–Kier alpha value is -2.42. The minimum absolute atomic E-state index is 0.849. The van der Waals surface area contributed by atoms with Crippen molar-refractivity contribution in [3.05, 3.63) is 59.8 Å². The molecule has 0 saturated carbocycles. The summed E-state index contributed by atoms with van der Waals surface area (Å²) in [6, 6.07) is 14.1. The molecule has 86 valence electrons. The number of aromatic nitrogens is 2. The van der Waals surface area contributed by atoms with E-state index >= 15 is 0 Å². The van der Waals surface area contributed by atoms with Gasteiger partial charge in [0.05, 0.1) is 6.20 Å². The number of ether oxygens (including phenoxy) is 1. The second kappa shape index (κ2) is 3.53. The number of fused-ring (bicyclic) bond motifs is 4. The summed E-state index contributed by atoms with van der Waals surface area (Å²) in [7, 11) is 0. The maximum absolute atomic E-state index is 5.92. The van der Waals surface area contributed by atoms with Crippen LogP contribution in [0.3, 0.4) is 0 Å². The van der Waals surface area contributed by atoms with Crippen molar-refractivity contribution >= 4 is 10.9 Å². The van der Waals surface area contributed by atoms with Gasteiger partial charge in [-0.05, 0) is 29.8 Å². The van der Waals surface area contributed by atoms with Gasteiger partial charge in [0.15, 0.2) is 0 Å². The number of rotatable bonds is 0. The molecule has 1 aliphatic rings. The van der Waals surface area contributed by atoms with E-state index in [2.05, 4.69) is 16.3 Å². The van der Waals surface area contributed by atoms with Crippen LogP contribution in [0, 0.1) is 0 Å². The van der Waals surface area contributed by atoms with Crippen LogP contribution < -0.4 is 4.74 Å². The molecule has 3 heteroatoms. The van der Waals surface area contributed by atoms with Crippen molar-refractivity contribution in [2.45, 2.75) is 6.42 Å². The SMILES string of the molecule is c1ccc2c(c1)Cc1c(ccc3ccnnc13)O2. The summed E-state index contributed by atoms with van der Waals surface area (Å²) in [6.07, 6.45) is 2.56. The van der Waals surface area contributed by atoms with Crippen LogP contribution in [0.2, 0.25) is 0 Å². The predicted octanol–water partition coefficient (Wildman–Crippen LogP) is 3.33. The van der Waals surface area contributed by atoms with Crippen molar-refractivity contribution < 1.29 is 4.74 Å². The third-order valence-corrected chi connectivity index (χ3v) is 3.31. The van der Waals surface area contributed by atoms with E-state index in [1.165, 1.54) is 5.56 Å². The van der Waals surface area contributed by atoms with Gasteiger partial charge in [0.2, 0.25) is 0 Å². The van der Waals surface area contributed by atoms with Crippen molar-refractivity contribution in [1.29, 1.82) is 0 Å². The summed E-state index contributed by atoms with van der Waals surface area (Å²) in [5.74, 6) is 1.83. The molecule has 0 amide bonds. The summed E-state index contributed by atoms with van der Waals surface area (Å²) >= 11 is 0. The minimum Gasteiger partial charge on any atom is -0.457 e. The van der Waals surface area contributed by atoms with Crippen LogP contribution in [-0.4, -0.2) is 10.2 Å². The van der Waals surface area contributed by atoms with Crippen LogP contribution in [0.1, 0.15) is 11.1 Å². The normalized spacial score (nSPS) is 12.7. The van der Waals surface area contributed by atoms with Gasteiger partial charge in [-0.25, -0.2) is 0 Å². The fraction of sp³-hybridized carbons (Fsp3) is 0.0667. The van der Waals surface area contributed by atoms with Gasteiger partial charge in [-0.1, -0.05) is 18.2 Å². The Morgan fingerprint density at radius 1 is 0.944 bits per heavy atom. The molecule has 3 nitrogen and oxygen atoms in total. The Morgan fingerprint density at radius 2 is 1.89 bits per heavy atom. The lowest BCUT2D eigenvalue weighted by Crippen LogP contribution is -2.04. The Kier molecular flexibility index (Phi) is 1.88. The van der Waals surface area contributed by atoms with Crippen LogP contribution in [0.5, 0.6) is 11.5 Å². The number of para-hydroxylation sites is 1. The molecule has 0 atom stereocenters. The van der Waals surface area contributed by atoms with E-state index < -0.39 is 0 Å². The minimum atomic E-state index is 0.849. The Balaban J connectivity index is 1.98. The zero-order chi connectivity index (χ0) is 11.9. The first-order chi connectivity index (χ1) is 8.92. The maximum atomic E-state index is 5.92. The lowest BCUT2D eigenvalue weighted by atomic mass is 9.98. The molecule has 0 aliphatic carbocycles. The molecule has 18 heavy (non-hydrogen) atoms. The van der Waals surface area contributed by atoms with Gasteiger partial charge < -0.3 is 4.74 Å². The molecule has 1 aromatic heterocycles. The Bertz CT molecular complexity index is 752. The van der Waals surface area contributed by atoms with Gasteiger partial charge in [0.1, 0.15) is 17.0 Å². The van der Waals surface area contributed by atoms with Crippen LogP contribution in [-0.2, 0) is 6.42 Å². The molecular formula is C15H10N2O. The van der Waals surface area contributed by atoms with Crippen LogP contribution in [0.15, 0.2) is 48.7 Å². The topological polar surface area (TPSA) is 35.0 Å². The second-order valence-electron chi connectivity index (χ2n) is 4.40. The summed E-state index contributed by atoms with van der Waals surface area (Å²) in [6.45, 7) is 0. The molecule has 0 bridgehead atoms. The van der Waals surface area contributed by atoms with Crippen molar-refractivity contribution in [1.82, 2.24) is 10.2 Å². The van der Waals surface area contributed by atoms with E-state index in [-0.39, 0.29) is 0 Å². The standard InChI is InChI=1S/C15H10N2O/c1-2-4-13-11(3-1)9-12-14(18-13)6-5-10-7-8-16-17-15(10)12/h1-8H,9H2. The molecule has 0 spiro atoms. The van der Waals surface area contributed by atoms with Gasteiger partial charge in [0, 0.05) is 17.4 Å². The highest BCUT2D eigenvalue weighted by Crippen LogP contribution is 2.38. The van der Waals surface area contributed by atoms with Crippen LogP contribution in [0.25, 0.3) is 10.9 Å². The smallest absolute Gasteiger partial charge is 0.133 e. The lowest BCUT2D eigenvalue weighted by molar-refractivity contribution is 0.461. The largest absolute Gasteiger partial charge is 0.457 e. The Morgan fingerprint density at radius 3 is 2.89 bits per heavy atom. The second-order valence-corrected chi connectivity index (χ2v) is 4.40. The first-order valence-corrected chi connectivity index (χ1v) is 5.91. The van der Waals surface area contributed by atoms with E-state index in [9.17, 15) is 0 Å². The number of hydrogen-bond acceptors (Lipinski definition) is 3. The zero-order valence-electron chi connectivity index (χ0n) is 9.63. The third-order valence-electron chi connectivity index (χ3n) is 3.31. The highest BCUT2D eigenvalue weighted by atomic mass is 16.5. The van der Waals surface area contributed by atoms with Crippen molar-refractivity contribution in [2.75, 3.05) is 0 Å². The molecule has 2 heterocycles. The fourth-order valence-corrected chi connectivity index (χ4v) is 2.42. The molecule has 0 radical (unpaired) electrons. The molecule has 0 fully saturated rings. The van der Waals surface area contributed by atoms with Gasteiger partial charge >= 0.3 is 0 Å². The zero-order valence-corrected chi connectivity index (χ0v) is 9.63. The average molecular weight is 234 g/mol. The molecule has 2 aromatic carbocycles. The summed E-state index contributed by atoms with van der Waals surface area (Å²) in [5.41, 5.74) is 3.26. The summed E-state index contributed by atoms with van der Waals surface area (Å²) in [5, 5.41) is 9.31. The number of benzene rings is 2. The highest BCUT2D eigenvalue weighted by molar-refractivity contribution is 5.84. The summed E-state index contributed by atoms with van der Waals surface area (Å²) in [4.78, 5) is 0. The van der Waals surface area contributed by atoms with E-state index in [0.29, 0.717) is 0 Å². The van der Waals surface area contributed by atoms with E-state index in [4.69, 9.17) is 4.74 Å². The molecule has 0 N–H and O–H groups in total. The molecule has 3 aromatic rings. The van der Waals surface area contributed by atoms with E-state index in [0.717, 1.165) is 34.4 Å². The first kappa shape index (κ1) is 9.59. The lowest BCUT2D eigenvalue weighted by Gasteiger charge is -2.20. The molecule has 0 saturated heterocycles. The highest BCUT2D eigenvalue weighted by Gasteiger charge is 2.19. The van der Waals surface area contributed by atoms with Crippen LogP contribution >= 0.6 is 0 Å². The van der Waals surface area contributed by atoms with Crippen molar-refractivity contribution in [3.8, 4) is 11.5 Å².